The van der Waals surface area contributed by atoms with Crippen LogP contribution in [0.4, 0.5) is 4.79 Å². The summed E-state index contributed by atoms with van der Waals surface area (Å²) in [4.78, 5) is 32.5. The molecule has 0 aromatic heterocycles. The largest absolute Gasteiger partial charge is 0.480 e. The van der Waals surface area contributed by atoms with Crippen molar-refractivity contribution < 1.29 is 29.0 Å². The van der Waals surface area contributed by atoms with Crippen LogP contribution in [0, 0.1) is 0 Å². The van der Waals surface area contributed by atoms with Gasteiger partial charge in [0.15, 0.2) is 0 Å². The Hall–Kier alpha value is -1.67. The Labute approximate surface area is 105 Å². The predicted octanol–water partition coefficient (Wildman–Crippen LogP) is -0.662. The van der Waals surface area contributed by atoms with Gasteiger partial charge in [0.05, 0.1) is 0 Å². The third kappa shape index (κ3) is 9.55. The van der Waals surface area contributed by atoms with Crippen molar-refractivity contribution in [3.8, 4) is 0 Å². The molecule has 104 valence electrons. The first-order valence-corrected chi connectivity index (χ1v) is 5.34. The highest BCUT2D eigenvalue weighted by Crippen LogP contribution is 1.90. The summed E-state index contributed by atoms with van der Waals surface area (Å²) < 4.78 is 9.35. The second-order valence-electron chi connectivity index (χ2n) is 3.59. The average molecular weight is 262 g/mol. The van der Waals surface area contributed by atoms with Crippen molar-refractivity contribution in [1.29, 1.82) is 0 Å². The zero-order valence-corrected chi connectivity index (χ0v) is 10.4. The summed E-state index contributed by atoms with van der Waals surface area (Å²) in [6.45, 7) is 1.20. The maximum Gasteiger partial charge on any atom is 0.329 e. The minimum Gasteiger partial charge on any atom is -0.480 e. The van der Waals surface area contributed by atoms with Crippen LogP contribution in [0.3, 0.4) is 0 Å². The van der Waals surface area contributed by atoms with E-state index in [9.17, 15) is 14.4 Å². The number of ether oxygens (including phenoxy) is 2. The van der Waals surface area contributed by atoms with Crippen LogP contribution >= 0.6 is 0 Å². The lowest BCUT2D eigenvalue weighted by Crippen LogP contribution is -2.45. The number of carbonyl (C=O) groups is 3. The molecule has 0 aliphatic carbocycles. The van der Waals surface area contributed by atoms with E-state index in [-0.39, 0.29) is 6.04 Å². The predicted molar refractivity (Wildman–Crippen MR) is 61.1 cm³/mol. The fourth-order valence-electron chi connectivity index (χ4n) is 1.02. The Morgan fingerprint density at radius 3 is 2.50 bits per heavy atom. The molecule has 0 aliphatic rings. The molecule has 0 saturated heterocycles. The fraction of sp³-hybridized carbons (Fsp3) is 0.700. The van der Waals surface area contributed by atoms with E-state index in [1.165, 1.54) is 0 Å². The van der Waals surface area contributed by atoms with Crippen LogP contribution in [0.25, 0.3) is 0 Å². The number of aliphatic carboxylic acids is 1. The molecule has 0 bridgehead atoms. The first-order valence-electron chi connectivity index (χ1n) is 5.34. The van der Waals surface area contributed by atoms with Gasteiger partial charge in [0.25, 0.3) is 5.91 Å². The highest BCUT2D eigenvalue weighted by atomic mass is 16.5. The lowest BCUT2D eigenvalue weighted by atomic mass is 10.2. The van der Waals surface area contributed by atoms with E-state index in [0.29, 0.717) is 13.0 Å². The summed E-state index contributed by atoms with van der Waals surface area (Å²) >= 11 is 0. The fourth-order valence-corrected chi connectivity index (χ4v) is 1.02. The number of carboxylic acids is 1. The van der Waals surface area contributed by atoms with E-state index >= 15 is 0 Å². The molecule has 0 aliphatic heterocycles. The SMILES string of the molecule is COCCC(C)NC(=O)NC(=O)COCC(=O)O. The molecule has 18 heavy (non-hydrogen) atoms. The van der Waals surface area contributed by atoms with Gasteiger partial charge in [0.2, 0.25) is 0 Å². The van der Waals surface area contributed by atoms with Gasteiger partial charge in [-0.15, -0.1) is 0 Å². The van der Waals surface area contributed by atoms with Crippen LogP contribution in [0.5, 0.6) is 0 Å². The maximum atomic E-state index is 11.3. The number of methoxy groups -OCH3 is 1. The quantitative estimate of drug-likeness (QED) is 0.535. The number of imide groups is 1. The Kier molecular flexibility index (Phi) is 8.50. The molecule has 8 heteroatoms. The average Bonchev–Trinajstić information content (AvgIpc) is 2.25. The van der Waals surface area contributed by atoms with Gasteiger partial charge in [-0.3, -0.25) is 10.1 Å². The number of carboxylic acid groups (broad SMARTS) is 1. The van der Waals surface area contributed by atoms with Gasteiger partial charge in [-0.1, -0.05) is 0 Å². The molecule has 0 saturated carbocycles. The third-order valence-electron chi connectivity index (χ3n) is 1.84. The summed E-state index contributed by atoms with van der Waals surface area (Å²) in [5, 5.41) is 12.8. The van der Waals surface area contributed by atoms with Crippen LogP contribution in [0.15, 0.2) is 0 Å². The van der Waals surface area contributed by atoms with E-state index in [2.05, 4.69) is 10.1 Å². The molecule has 0 heterocycles. The summed E-state index contributed by atoms with van der Waals surface area (Å²) in [5.41, 5.74) is 0. The number of carbonyl (C=O) groups excluding carboxylic acids is 2. The number of hydrogen-bond donors (Lipinski definition) is 3. The van der Waals surface area contributed by atoms with Gasteiger partial charge in [-0.25, -0.2) is 9.59 Å². The van der Waals surface area contributed by atoms with Gasteiger partial charge < -0.3 is 19.9 Å². The molecule has 1 unspecified atom stereocenters. The summed E-state index contributed by atoms with van der Waals surface area (Å²) in [5.74, 6) is -1.88. The van der Waals surface area contributed by atoms with Gasteiger partial charge in [0, 0.05) is 19.8 Å². The molecule has 0 fully saturated rings. The summed E-state index contributed by atoms with van der Waals surface area (Å²) in [7, 11) is 1.55. The zero-order valence-electron chi connectivity index (χ0n) is 10.4. The van der Waals surface area contributed by atoms with Crippen LogP contribution in [0.2, 0.25) is 0 Å². The molecule has 0 aromatic rings. The molecule has 0 rings (SSSR count). The van der Waals surface area contributed by atoms with Gasteiger partial charge in [-0.05, 0) is 13.3 Å². The van der Waals surface area contributed by atoms with Crippen LogP contribution in [-0.4, -0.2) is 56.0 Å². The molecule has 0 spiro atoms. The van der Waals surface area contributed by atoms with Crippen molar-refractivity contribution in [1.82, 2.24) is 10.6 Å². The number of urea groups is 1. The first-order chi connectivity index (χ1) is 8.45. The lowest BCUT2D eigenvalue weighted by Gasteiger charge is -2.13. The van der Waals surface area contributed by atoms with E-state index in [1.807, 2.05) is 5.32 Å². The van der Waals surface area contributed by atoms with Crippen molar-refractivity contribution in [2.75, 3.05) is 26.9 Å². The monoisotopic (exact) mass is 262 g/mol. The standard InChI is InChI=1S/C10H18N2O6/c1-7(3-4-17-2)11-10(16)12-8(13)5-18-6-9(14)15/h7H,3-6H2,1-2H3,(H,14,15)(H2,11,12,13,16). The smallest absolute Gasteiger partial charge is 0.329 e. The highest BCUT2D eigenvalue weighted by Gasteiger charge is 2.11. The molecule has 3 N–H and O–H groups in total. The Morgan fingerprint density at radius 1 is 1.28 bits per heavy atom. The molecule has 0 radical (unpaired) electrons. The van der Waals surface area contributed by atoms with Gasteiger partial charge in [-0.2, -0.15) is 0 Å². The first kappa shape index (κ1) is 16.3. The van der Waals surface area contributed by atoms with E-state index in [0.717, 1.165) is 0 Å². The molecule has 3 amide bonds. The van der Waals surface area contributed by atoms with E-state index < -0.39 is 31.1 Å². The Balaban J connectivity index is 3.73. The number of nitrogens with one attached hydrogen (secondary N) is 2. The number of amides is 3. The van der Waals surface area contributed by atoms with Crippen LogP contribution in [0.1, 0.15) is 13.3 Å². The van der Waals surface area contributed by atoms with Crippen molar-refractivity contribution in [2.24, 2.45) is 0 Å². The maximum absolute atomic E-state index is 11.3. The molecule has 0 aromatic carbocycles. The second kappa shape index (κ2) is 9.37. The van der Waals surface area contributed by atoms with Crippen molar-refractivity contribution in [3.05, 3.63) is 0 Å². The normalized spacial score (nSPS) is 11.7. The second-order valence-corrected chi connectivity index (χ2v) is 3.59. The van der Waals surface area contributed by atoms with E-state index in [4.69, 9.17) is 9.84 Å². The third-order valence-corrected chi connectivity index (χ3v) is 1.84. The van der Waals surface area contributed by atoms with Crippen molar-refractivity contribution in [2.45, 2.75) is 19.4 Å². The van der Waals surface area contributed by atoms with Crippen LogP contribution < -0.4 is 10.6 Å². The highest BCUT2D eigenvalue weighted by molar-refractivity contribution is 5.95. The molecular formula is C10H18N2O6. The van der Waals surface area contributed by atoms with Gasteiger partial charge in [0.1, 0.15) is 13.2 Å². The minimum absolute atomic E-state index is 0.141. The Bertz CT molecular complexity index is 294. The summed E-state index contributed by atoms with van der Waals surface area (Å²) in [6.07, 6.45) is 0.619. The summed E-state index contributed by atoms with van der Waals surface area (Å²) in [6, 6.07) is -0.791. The number of rotatable bonds is 8. The van der Waals surface area contributed by atoms with Crippen molar-refractivity contribution >= 4 is 17.9 Å². The number of hydrogen-bond acceptors (Lipinski definition) is 5. The minimum atomic E-state index is -1.18. The zero-order chi connectivity index (χ0) is 14.0. The Morgan fingerprint density at radius 2 is 1.94 bits per heavy atom. The lowest BCUT2D eigenvalue weighted by molar-refractivity contribution is -0.143. The van der Waals surface area contributed by atoms with Crippen LogP contribution in [-0.2, 0) is 19.1 Å². The molecule has 1 atom stereocenters. The molecule has 8 nitrogen and oxygen atoms in total. The molecular weight excluding hydrogens is 244 g/mol. The van der Waals surface area contributed by atoms with E-state index in [1.54, 1.807) is 14.0 Å². The van der Waals surface area contributed by atoms with Crippen molar-refractivity contribution in [3.63, 3.8) is 0 Å². The topological polar surface area (TPSA) is 114 Å². The van der Waals surface area contributed by atoms with Gasteiger partial charge >= 0.3 is 12.0 Å².